The Kier molecular flexibility index (Phi) is 58.5. The number of hydrogen-bond acceptors (Lipinski definition) is 15. The molecule has 0 aliphatic rings. The number of carbonyl (C=O) groups excluding carboxylic acids is 4. The standard InChI is InChI=1S/C70H136O17P2/c1-60(2)46-38-30-22-16-12-10-9-11-13-18-26-36-44-52-69(74)86-65(56-80-67(72)50-42-34-25-21-20-24-32-40-48-62(5)6)58-84-88(76,77)82-54-64(71)55-83-89(78,79)85-59-66(57-81-68(73)51-43-35-29-28-33-41-49-63(7)8)87-70(75)53-45-37-27-19-15-14-17-23-31-39-47-61(3)4/h60-66,71H,9-59H2,1-8H3,(H,76,77)(H,78,79)/t64-,65-,66-/m1/s1. The van der Waals surface area contributed by atoms with Crippen molar-refractivity contribution in [2.75, 3.05) is 39.6 Å². The third-order valence-electron chi connectivity index (χ3n) is 16.1. The first-order chi connectivity index (χ1) is 42.6. The Hall–Kier alpha value is -1.94. The number of hydrogen-bond donors (Lipinski definition) is 3. The molecule has 17 nitrogen and oxygen atoms in total. The minimum atomic E-state index is -4.95. The van der Waals surface area contributed by atoms with Crippen LogP contribution in [-0.2, 0) is 65.4 Å². The Bertz CT molecular complexity index is 1760. The molecule has 89 heavy (non-hydrogen) atoms. The second kappa shape index (κ2) is 59.8. The van der Waals surface area contributed by atoms with E-state index in [2.05, 4.69) is 55.4 Å². The molecule has 0 bridgehead atoms. The molecule has 3 N–H and O–H groups in total. The van der Waals surface area contributed by atoms with Crippen LogP contribution in [0.25, 0.3) is 0 Å². The maximum atomic E-state index is 13.0. The Morgan fingerprint density at radius 1 is 0.281 bits per heavy atom. The quantitative estimate of drug-likeness (QED) is 0.0222. The summed E-state index contributed by atoms with van der Waals surface area (Å²) in [5.41, 5.74) is 0. The summed E-state index contributed by atoms with van der Waals surface area (Å²) in [6.45, 7) is 14.0. The summed E-state index contributed by atoms with van der Waals surface area (Å²) < 4.78 is 68.2. The number of aliphatic hydroxyl groups excluding tert-OH is 1. The van der Waals surface area contributed by atoms with Gasteiger partial charge < -0.3 is 33.8 Å². The number of aliphatic hydroxyl groups is 1. The number of esters is 4. The number of ether oxygens (including phenoxy) is 4. The van der Waals surface area contributed by atoms with Gasteiger partial charge in [-0.1, -0.05) is 293 Å². The molecule has 0 aromatic carbocycles. The summed E-state index contributed by atoms with van der Waals surface area (Å²) in [6, 6.07) is 0. The molecule has 19 heteroatoms. The largest absolute Gasteiger partial charge is 0.472 e. The fourth-order valence-corrected chi connectivity index (χ4v) is 12.1. The lowest BCUT2D eigenvalue weighted by Gasteiger charge is -2.21. The van der Waals surface area contributed by atoms with Crippen molar-refractivity contribution in [3.63, 3.8) is 0 Å². The van der Waals surface area contributed by atoms with Crippen LogP contribution in [0.5, 0.6) is 0 Å². The maximum Gasteiger partial charge on any atom is 0.472 e. The zero-order valence-electron chi connectivity index (χ0n) is 58.1. The smallest absolute Gasteiger partial charge is 0.462 e. The second-order valence-corrected chi connectivity index (χ2v) is 30.1. The summed E-state index contributed by atoms with van der Waals surface area (Å²) >= 11 is 0. The summed E-state index contributed by atoms with van der Waals surface area (Å²) in [5.74, 6) is 0.813. The Morgan fingerprint density at radius 2 is 0.472 bits per heavy atom. The number of rotatable bonds is 67. The van der Waals surface area contributed by atoms with Gasteiger partial charge in [-0.3, -0.25) is 37.3 Å². The summed E-state index contributed by atoms with van der Waals surface area (Å²) in [7, 11) is -9.90. The molecular formula is C70H136O17P2. The highest BCUT2D eigenvalue weighted by Gasteiger charge is 2.30. The van der Waals surface area contributed by atoms with Crippen LogP contribution in [0.4, 0.5) is 0 Å². The molecule has 0 aromatic rings. The van der Waals surface area contributed by atoms with Crippen LogP contribution in [0.2, 0.25) is 0 Å². The highest BCUT2D eigenvalue weighted by Crippen LogP contribution is 2.45. The molecule has 0 aliphatic carbocycles. The molecule has 0 saturated carbocycles. The van der Waals surface area contributed by atoms with Crippen LogP contribution in [0, 0.1) is 23.7 Å². The Balaban J connectivity index is 5.24. The topological polar surface area (TPSA) is 237 Å². The molecule has 2 unspecified atom stereocenters. The molecule has 0 aromatic heterocycles. The van der Waals surface area contributed by atoms with Gasteiger partial charge in [0.1, 0.15) is 19.3 Å². The van der Waals surface area contributed by atoms with E-state index in [-0.39, 0.29) is 25.7 Å². The van der Waals surface area contributed by atoms with E-state index in [0.29, 0.717) is 31.6 Å². The molecule has 0 spiro atoms. The number of phosphoric ester groups is 2. The van der Waals surface area contributed by atoms with Gasteiger partial charge in [-0.15, -0.1) is 0 Å². The third kappa shape index (κ3) is 64.6. The fourth-order valence-electron chi connectivity index (χ4n) is 10.5. The molecule has 0 amide bonds. The van der Waals surface area contributed by atoms with Crippen LogP contribution < -0.4 is 0 Å². The van der Waals surface area contributed by atoms with Gasteiger partial charge >= 0.3 is 39.5 Å². The molecular weight excluding hydrogens is 1170 g/mol. The molecule has 0 aliphatic heterocycles. The van der Waals surface area contributed by atoms with Crippen LogP contribution >= 0.6 is 15.6 Å². The van der Waals surface area contributed by atoms with Crippen molar-refractivity contribution in [3.05, 3.63) is 0 Å². The predicted molar refractivity (Wildman–Crippen MR) is 358 cm³/mol. The average Bonchev–Trinajstić information content (AvgIpc) is 3.67. The molecule has 5 atom stereocenters. The van der Waals surface area contributed by atoms with Crippen LogP contribution in [0.15, 0.2) is 0 Å². The first-order valence-electron chi connectivity index (χ1n) is 36.2. The van der Waals surface area contributed by atoms with Gasteiger partial charge in [-0.2, -0.15) is 0 Å². The average molecular weight is 1310 g/mol. The molecule has 0 saturated heterocycles. The van der Waals surface area contributed by atoms with Gasteiger partial charge in [0, 0.05) is 25.7 Å². The van der Waals surface area contributed by atoms with Gasteiger partial charge in [0.15, 0.2) is 12.2 Å². The first kappa shape index (κ1) is 87.1. The second-order valence-electron chi connectivity index (χ2n) is 27.2. The fraction of sp³-hybridized carbons (Fsp3) is 0.943. The van der Waals surface area contributed by atoms with Crippen molar-refractivity contribution in [1.29, 1.82) is 0 Å². The van der Waals surface area contributed by atoms with Gasteiger partial charge in [0.2, 0.25) is 0 Å². The molecule has 528 valence electrons. The summed E-state index contributed by atoms with van der Waals surface area (Å²) in [4.78, 5) is 72.5. The van der Waals surface area contributed by atoms with Gasteiger partial charge in [-0.05, 0) is 49.4 Å². The van der Waals surface area contributed by atoms with Crippen molar-refractivity contribution >= 4 is 39.5 Å². The van der Waals surface area contributed by atoms with E-state index < -0.39 is 97.5 Å². The van der Waals surface area contributed by atoms with E-state index in [4.69, 9.17) is 37.0 Å². The number of carbonyl (C=O) groups is 4. The lowest BCUT2D eigenvalue weighted by molar-refractivity contribution is -0.161. The van der Waals surface area contributed by atoms with E-state index >= 15 is 0 Å². The highest BCUT2D eigenvalue weighted by molar-refractivity contribution is 7.47. The zero-order chi connectivity index (χ0) is 66.1. The minimum absolute atomic E-state index is 0.104. The monoisotopic (exact) mass is 1310 g/mol. The molecule has 0 heterocycles. The number of unbranched alkanes of at least 4 members (excludes halogenated alkanes) is 33. The minimum Gasteiger partial charge on any atom is -0.462 e. The van der Waals surface area contributed by atoms with Crippen molar-refractivity contribution in [2.24, 2.45) is 23.7 Å². The van der Waals surface area contributed by atoms with Crippen molar-refractivity contribution in [2.45, 2.75) is 363 Å². The maximum absolute atomic E-state index is 13.0. The summed E-state index contributed by atoms with van der Waals surface area (Å²) in [5, 5.41) is 10.6. The highest BCUT2D eigenvalue weighted by atomic mass is 31.2. The van der Waals surface area contributed by atoms with Gasteiger partial charge in [0.25, 0.3) is 0 Å². The lowest BCUT2D eigenvalue weighted by atomic mass is 10.0. The van der Waals surface area contributed by atoms with E-state index in [0.717, 1.165) is 114 Å². The third-order valence-corrected chi connectivity index (χ3v) is 18.0. The summed E-state index contributed by atoms with van der Waals surface area (Å²) in [6.07, 6.45) is 41.8. The van der Waals surface area contributed by atoms with Crippen molar-refractivity contribution in [1.82, 2.24) is 0 Å². The SMILES string of the molecule is CC(C)CCCCCCCCCCCCCCCC(=O)O[C@H](COC(=O)CCCCCCCCCCC(C)C)COP(=O)(O)OC[C@@H](O)COP(=O)(O)OC[C@@H](COC(=O)CCCCCCCCC(C)C)OC(=O)CCCCCCCCCCCCC(C)C. The normalized spacial score (nSPS) is 14.3. The van der Waals surface area contributed by atoms with Gasteiger partial charge in [-0.25, -0.2) is 9.13 Å². The van der Waals surface area contributed by atoms with Crippen LogP contribution in [-0.4, -0.2) is 96.7 Å². The van der Waals surface area contributed by atoms with E-state index in [1.807, 2.05) is 0 Å². The van der Waals surface area contributed by atoms with Gasteiger partial charge in [0.05, 0.1) is 26.4 Å². The predicted octanol–water partition coefficient (Wildman–Crippen LogP) is 19.7. The number of phosphoric acid groups is 2. The van der Waals surface area contributed by atoms with E-state index in [1.165, 1.54) is 141 Å². The van der Waals surface area contributed by atoms with E-state index in [1.54, 1.807) is 0 Å². The molecule has 0 rings (SSSR count). The lowest BCUT2D eigenvalue weighted by Crippen LogP contribution is -2.30. The molecule has 0 radical (unpaired) electrons. The zero-order valence-corrected chi connectivity index (χ0v) is 59.8. The Morgan fingerprint density at radius 3 is 0.697 bits per heavy atom. The van der Waals surface area contributed by atoms with Crippen LogP contribution in [0.3, 0.4) is 0 Å². The van der Waals surface area contributed by atoms with Crippen molar-refractivity contribution in [3.8, 4) is 0 Å². The van der Waals surface area contributed by atoms with E-state index in [9.17, 15) is 43.2 Å². The van der Waals surface area contributed by atoms with Crippen molar-refractivity contribution < 1.29 is 80.2 Å². The first-order valence-corrected chi connectivity index (χ1v) is 39.2. The molecule has 0 fully saturated rings. The Labute approximate surface area is 543 Å². The van der Waals surface area contributed by atoms with Crippen LogP contribution in [0.1, 0.15) is 344 Å².